The Morgan fingerprint density at radius 1 is 1.00 bits per heavy atom. The van der Waals surface area contributed by atoms with E-state index in [4.69, 9.17) is 0 Å². The number of benzene rings is 3. The lowest BCUT2D eigenvalue weighted by molar-refractivity contribution is -0.121. The van der Waals surface area contributed by atoms with Gasteiger partial charge in [0, 0.05) is 5.69 Å². The van der Waals surface area contributed by atoms with E-state index in [9.17, 15) is 9.59 Å². The number of hydrogen-bond donors (Lipinski definition) is 2. The van der Waals surface area contributed by atoms with Crippen LogP contribution in [0.25, 0.3) is 15.3 Å². The van der Waals surface area contributed by atoms with Crippen LogP contribution in [0.4, 0.5) is 0 Å². The first-order valence-corrected chi connectivity index (χ1v) is 13.0. The number of fused-ring (bicyclic) bond motifs is 1. The second kappa shape index (κ2) is 10.8. The number of amides is 1. The number of hydrazone groups is 1. The fraction of sp³-hybridized carbons (Fsp3) is 0.172. The number of para-hydroxylation sites is 1. The summed E-state index contributed by atoms with van der Waals surface area (Å²) in [5.41, 5.74) is 6.72. The third kappa shape index (κ3) is 5.01. The third-order valence-electron chi connectivity index (χ3n) is 6.16. The molecule has 186 valence electrons. The maximum Gasteiger partial charge on any atom is 0.282 e. The molecule has 2 heterocycles. The number of aromatic amines is 1. The van der Waals surface area contributed by atoms with Gasteiger partial charge in [0.05, 0.1) is 27.4 Å². The molecule has 0 saturated carbocycles. The van der Waals surface area contributed by atoms with Crippen LogP contribution in [-0.2, 0) is 11.2 Å². The summed E-state index contributed by atoms with van der Waals surface area (Å²) in [6.45, 7) is 3.79. The van der Waals surface area contributed by atoms with Crippen LogP contribution in [0.5, 0.6) is 0 Å². The largest absolute Gasteiger partial charge is 0.292 e. The third-order valence-corrected chi connectivity index (χ3v) is 7.18. The van der Waals surface area contributed by atoms with E-state index in [0.717, 1.165) is 33.5 Å². The molecule has 2 aromatic heterocycles. The quantitative estimate of drug-likeness (QED) is 0.217. The van der Waals surface area contributed by atoms with Crippen LogP contribution in [0.2, 0.25) is 0 Å². The van der Waals surface area contributed by atoms with Crippen LogP contribution in [0.1, 0.15) is 48.6 Å². The normalized spacial score (nSPS) is 11.8. The highest BCUT2D eigenvalue weighted by atomic mass is 32.1. The Balaban J connectivity index is 1.48. The molecule has 0 atom stereocenters. The SMILES string of the molecule is CCCc1[nH]n(-c2nc3ccccc3s2)c(=O)c1C(C)=NNC(=O)C(c1ccccc1)c1ccccc1. The van der Waals surface area contributed by atoms with E-state index in [0.29, 0.717) is 22.8 Å². The Morgan fingerprint density at radius 3 is 2.24 bits per heavy atom. The minimum atomic E-state index is -0.528. The van der Waals surface area contributed by atoms with Gasteiger partial charge < -0.3 is 0 Å². The van der Waals surface area contributed by atoms with E-state index in [-0.39, 0.29) is 11.5 Å². The van der Waals surface area contributed by atoms with E-state index in [2.05, 4.69) is 27.5 Å². The number of rotatable bonds is 8. The molecule has 37 heavy (non-hydrogen) atoms. The van der Waals surface area contributed by atoms with Gasteiger partial charge in [0.15, 0.2) is 0 Å². The molecule has 0 bridgehead atoms. The van der Waals surface area contributed by atoms with Crippen molar-refractivity contribution in [1.82, 2.24) is 20.2 Å². The van der Waals surface area contributed by atoms with Crippen molar-refractivity contribution in [1.29, 1.82) is 0 Å². The standard InChI is InChI=1S/C29H27N5O2S/c1-3-12-23-25(28(36)34(33-23)29-30-22-17-10-11-18-24(22)37-29)19(2)31-32-27(35)26(20-13-6-4-7-14-20)21-15-8-5-9-16-21/h4-11,13-18,26,33H,3,12H2,1-2H3,(H,32,35). The van der Waals surface area contributed by atoms with Crippen molar-refractivity contribution in [3.05, 3.63) is 118 Å². The first-order chi connectivity index (χ1) is 18.1. The number of nitrogens with zero attached hydrogens (tertiary/aromatic N) is 3. The number of H-pyrrole nitrogens is 1. The van der Waals surface area contributed by atoms with E-state index in [1.165, 1.54) is 16.0 Å². The van der Waals surface area contributed by atoms with Gasteiger partial charge in [-0.05, 0) is 36.6 Å². The summed E-state index contributed by atoms with van der Waals surface area (Å²) < 4.78 is 2.48. The number of aromatic nitrogens is 3. The molecular formula is C29H27N5O2S. The van der Waals surface area contributed by atoms with E-state index in [1.807, 2.05) is 84.9 Å². The van der Waals surface area contributed by atoms with Gasteiger partial charge in [-0.1, -0.05) is 97.5 Å². The van der Waals surface area contributed by atoms with Crippen molar-refractivity contribution in [2.75, 3.05) is 0 Å². The Morgan fingerprint density at radius 2 is 1.62 bits per heavy atom. The van der Waals surface area contributed by atoms with Crippen molar-refractivity contribution in [3.63, 3.8) is 0 Å². The number of thiazole rings is 1. The summed E-state index contributed by atoms with van der Waals surface area (Å²) in [5, 5.41) is 8.19. The lowest BCUT2D eigenvalue weighted by Crippen LogP contribution is -2.28. The van der Waals surface area contributed by atoms with Crippen molar-refractivity contribution >= 4 is 33.2 Å². The number of carbonyl (C=O) groups is 1. The van der Waals surface area contributed by atoms with Gasteiger partial charge >= 0.3 is 0 Å². The molecule has 5 aromatic rings. The highest BCUT2D eigenvalue weighted by Crippen LogP contribution is 2.25. The number of nitrogens with one attached hydrogen (secondary N) is 2. The molecule has 2 N–H and O–H groups in total. The van der Waals surface area contributed by atoms with Crippen LogP contribution in [0, 0.1) is 0 Å². The molecule has 5 rings (SSSR count). The molecule has 0 spiro atoms. The molecular weight excluding hydrogens is 482 g/mol. The zero-order valence-electron chi connectivity index (χ0n) is 20.6. The van der Waals surface area contributed by atoms with Crippen molar-refractivity contribution in [3.8, 4) is 5.13 Å². The molecule has 7 nitrogen and oxygen atoms in total. The summed E-state index contributed by atoms with van der Waals surface area (Å²) in [6.07, 6.45) is 1.51. The molecule has 0 saturated heterocycles. The lowest BCUT2D eigenvalue weighted by atomic mass is 9.91. The zero-order chi connectivity index (χ0) is 25.8. The molecule has 8 heteroatoms. The molecule has 3 aromatic carbocycles. The van der Waals surface area contributed by atoms with Gasteiger partial charge in [-0.2, -0.15) is 9.78 Å². The zero-order valence-corrected chi connectivity index (χ0v) is 21.5. The number of carbonyl (C=O) groups excluding carboxylic acids is 1. The van der Waals surface area contributed by atoms with E-state index < -0.39 is 5.92 Å². The van der Waals surface area contributed by atoms with Crippen LogP contribution in [0.3, 0.4) is 0 Å². The Labute approximate surface area is 218 Å². The molecule has 0 fully saturated rings. The van der Waals surface area contributed by atoms with Crippen LogP contribution < -0.4 is 11.0 Å². The monoisotopic (exact) mass is 509 g/mol. The molecule has 0 aliphatic carbocycles. The fourth-order valence-electron chi connectivity index (χ4n) is 4.42. The highest BCUT2D eigenvalue weighted by molar-refractivity contribution is 7.20. The lowest BCUT2D eigenvalue weighted by Gasteiger charge is -2.16. The van der Waals surface area contributed by atoms with Crippen LogP contribution in [-0.4, -0.2) is 26.4 Å². The highest BCUT2D eigenvalue weighted by Gasteiger charge is 2.24. The fourth-order valence-corrected chi connectivity index (χ4v) is 5.35. The average molecular weight is 510 g/mol. The van der Waals surface area contributed by atoms with Crippen molar-refractivity contribution in [2.24, 2.45) is 5.10 Å². The Hall–Kier alpha value is -4.30. The first-order valence-electron chi connectivity index (χ1n) is 12.2. The maximum absolute atomic E-state index is 13.5. The number of hydrogen-bond acceptors (Lipinski definition) is 5. The van der Waals surface area contributed by atoms with Gasteiger partial charge in [-0.25, -0.2) is 10.4 Å². The summed E-state index contributed by atoms with van der Waals surface area (Å²) in [5.74, 6) is -0.796. The Kier molecular flexibility index (Phi) is 7.09. The van der Waals surface area contributed by atoms with Crippen molar-refractivity contribution in [2.45, 2.75) is 32.6 Å². The maximum atomic E-state index is 13.5. The number of aryl methyl sites for hydroxylation is 1. The van der Waals surface area contributed by atoms with Gasteiger partial charge in [-0.15, -0.1) is 0 Å². The second-order valence-electron chi connectivity index (χ2n) is 8.75. The van der Waals surface area contributed by atoms with E-state index in [1.54, 1.807) is 6.92 Å². The average Bonchev–Trinajstić information content (AvgIpc) is 3.49. The summed E-state index contributed by atoms with van der Waals surface area (Å²) in [4.78, 5) is 31.5. The van der Waals surface area contributed by atoms with Gasteiger partial charge in [0.25, 0.3) is 11.5 Å². The summed E-state index contributed by atoms with van der Waals surface area (Å²) in [7, 11) is 0. The topological polar surface area (TPSA) is 92.1 Å². The molecule has 0 radical (unpaired) electrons. The molecule has 0 aliphatic rings. The van der Waals surface area contributed by atoms with E-state index >= 15 is 0 Å². The van der Waals surface area contributed by atoms with Crippen molar-refractivity contribution < 1.29 is 4.79 Å². The van der Waals surface area contributed by atoms with Crippen LogP contribution >= 0.6 is 11.3 Å². The summed E-state index contributed by atoms with van der Waals surface area (Å²) >= 11 is 1.44. The molecule has 0 unspecified atom stereocenters. The Bertz CT molecular complexity index is 1540. The van der Waals surface area contributed by atoms with Gasteiger partial charge in [0.2, 0.25) is 5.13 Å². The second-order valence-corrected chi connectivity index (χ2v) is 9.76. The van der Waals surface area contributed by atoms with Gasteiger partial charge in [-0.3, -0.25) is 14.7 Å². The molecule has 0 aliphatic heterocycles. The first kappa shape index (κ1) is 24.4. The summed E-state index contributed by atoms with van der Waals surface area (Å²) in [6, 6.07) is 27.0. The molecule has 1 amide bonds. The predicted octanol–water partition coefficient (Wildman–Crippen LogP) is 5.40. The smallest absolute Gasteiger partial charge is 0.282 e. The predicted molar refractivity (Wildman–Crippen MR) is 149 cm³/mol. The minimum Gasteiger partial charge on any atom is -0.292 e. The van der Waals surface area contributed by atoms with Crippen LogP contribution in [0.15, 0.2) is 94.8 Å². The minimum absolute atomic E-state index is 0.235. The van der Waals surface area contributed by atoms with Gasteiger partial charge in [0.1, 0.15) is 0 Å².